The average molecular weight is 315 g/mol. The summed E-state index contributed by atoms with van der Waals surface area (Å²) in [5.41, 5.74) is 1.87. The van der Waals surface area contributed by atoms with Crippen LogP contribution in [0.3, 0.4) is 0 Å². The molecule has 0 radical (unpaired) electrons. The summed E-state index contributed by atoms with van der Waals surface area (Å²) in [6.45, 7) is 2.97. The van der Waals surface area contributed by atoms with Gasteiger partial charge in [0.1, 0.15) is 11.0 Å². The number of carbonyl (C=O) groups is 1. The molecule has 2 fully saturated rings. The minimum Gasteiger partial charge on any atom is -0.392 e. The SMILES string of the molecule is O=C(c1ccc2n[nH]nc2c1)N1CCC[C@]2(CNCC[C@@H]2O)C1. The minimum atomic E-state index is -0.336. The molecule has 0 unspecified atom stereocenters. The van der Waals surface area contributed by atoms with Crippen molar-refractivity contribution in [3.05, 3.63) is 23.8 Å². The van der Waals surface area contributed by atoms with E-state index in [1.54, 1.807) is 12.1 Å². The molecule has 1 aromatic carbocycles. The highest BCUT2D eigenvalue weighted by molar-refractivity contribution is 5.97. The molecule has 4 rings (SSSR count). The van der Waals surface area contributed by atoms with Crippen molar-refractivity contribution in [2.75, 3.05) is 26.2 Å². The number of rotatable bonds is 1. The van der Waals surface area contributed by atoms with E-state index in [4.69, 9.17) is 0 Å². The highest BCUT2D eigenvalue weighted by Gasteiger charge is 2.44. The van der Waals surface area contributed by atoms with Gasteiger partial charge < -0.3 is 15.3 Å². The fourth-order valence-corrected chi connectivity index (χ4v) is 3.91. The zero-order chi connectivity index (χ0) is 15.9. The van der Waals surface area contributed by atoms with E-state index >= 15 is 0 Å². The van der Waals surface area contributed by atoms with Crippen LogP contribution in [0.2, 0.25) is 0 Å². The van der Waals surface area contributed by atoms with Gasteiger partial charge in [0.25, 0.3) is 5.91 Å². The Morgan fingerprint density at radius 2 is 2.22 bits per heavy atom. The summed E-state index contributed by atoms with van der Waals surface area (Å²) in [4.78, 5) is 14.7. The Kier molecular flexibility index (Phi) is 3.54. The Balaban J connectivity index is 1.57. The molecular weight excluding hydrogens is 294 g/mol. The molecule has 3 N–H and O–H groups in total. The molecule has 3 heterocycles. The van der Waals surface area contributed by atoms with E-state index in [0.29, 0.717) is 17.6 Å². The lowest BCUT2D eigenvalue weighted by Crippen LogP contribution is -2.58. The number of piperidine rings is 2. The molecule has 2 atom stereocenters. The van der Waals surface area contributed by atoms with Gasteiger partial charge in [-0.05, 0) is 44.0 Å². The summed E-state index contributed by atoms with van der Waals surface area (Å²) in [7, 11) is 0. The molecule has 1 spiro atoms. The van der Waals surface area contributed by atoms with E-state index in [-0.39, 0.29) is 17.4 Å². The molecule has 23 heavy (non-hydrogen) atoms. The number of hydrogen-bond acceptors (Lipinski definition) is 5. The third-order valence-corrected chi connectivity index (χ3v) is 5.24. The summed E-state index contributed by atoms with van der Waals surface area (Å²) in [6, 6.07) is 5.38. The Morgan fingerprint density at radius 1 is 1.35 bits per heavy atom. The van der Waals surface area contributed by atoms with Gasteiger partial charge in [0.15, 0.2) is 0 Å². The first kappa shape index (κ1) is 14.6. The van der Waals surface area contributed by atoms with E-state index in [1.807, 2.05) is 11.0 Å². The van der Waals surface area contributed by atoms with Crippen molar-refractivity contribution in [3.8, 4) is 0 Å². The van der Waals surface area contributed by atoms with Gasteiger partial charge in [-0.2, -0.15) is 15.4 Å². The van der Waals surface area contributed by atoms with E-state index in [0.717, 1.165) is 44.4 Å². The first-order valence-corrected chi connectivity index (χ1v) is 8.17. The molecule has 7 nitrogen and oxygen atoms in total. The normalized spacial score (nSPS) is 28.4. The summed E-state index contributed by atoms with van der Waals surface area (Å²) >= 11 is 0. The van der Waals surface area contributed by atoms with Gasteiger partial charge in [-0.3, -0.25) is 4.79 Å². The molecule has 7 heteroatoms. The lowest BCUT2D eigenvalue weighted by Gasteiger charge is -2.48. The Morgan fingerprint density at radius 3 is 3.09 bits per heavy atom. The van der Waals surface area contributed by atoms with Crippen molar-refractivity contribution in [2.45, 2.75) is 25.4 Å². The third-order valence-electron chi connectivity index (χ3n) is 5.24. The number of nitrogens with one attached hydrogen (secondary N) is 2. The van der Waals surface area contributed by atoms with Crippen molar-refractivity contribution in [2.24, 2.45) is 5.41 Å². The van der Waals surface area contributed by atoms with Crippen LogP contribution < -0.4 is 5.32 Å². The minimum absolute atomic E-state index is 0.00625. The van der Waals surface area contributed by atoms with Crippen LogP contribution in [-0.2, 0) is 0 Å². The number of aliphatic hydroxyl groups is 1. The monoisotopic (exact) mass is 315 g/mol. The van der Waals surface area contributed by atoms with E-state index in [9.17, 15) is 9.90 Å². The maximum Gasteiger partial charge on any atom is 0.253 e. The van der Waals surface area contributed by atoms with Gasteiger partial charge in [0.2, 0.25) is 0 Å². The summed E-state index contributed by atoms with van der Waals surface area (Å²) < 4.78 is 0. The van der Waals surface area contributed by atoms with Crippen LogP contribution in [0, 0.1) is 5.41 Å². The number of aromatic amines is 1. The number of aliphatic hydroxyl groups excluding tert-OH is 1. The summed E-state index contributed by atoms with van der Waals surface area (Å²) in [6.07, 6.45) is 2.31. The fraction of sp³-hybridized carbons (Fsp3) is 0.562. The first-order valence-electron chi connectivity index (χ1n) is 8.17. The van der Waals surface area contributed by atoms with Gasteiger partial charge in [-0.25, -0.2) is 0 Å². The lowest BCUT2D eigenvalue weighted by atomic mass is 9.72. The number of H-pyrrole nitrogens is 1. The van der Waals surface area contributed by atoms with Crippen molar-refractivity contribution in [1.29, 1.82) is 0 Å². The number of fused-ring (bicyclic) bond motifs is 1. The van der Waals surface area contributed by atoms with Crippen LogP contribution >= 0.6 is 0 Å². The van der Waals surface area contributed by atoms with Crippen LogP contribution in [0.5, 0.6) is 0 Å². The van der Waals surface area contributed by atoms with Gasteiger partial charge in [-0.15, -0.1) is 0 Å². The van der Waals surface area contributed by atoms with Crippen molar-refractivity contribution in [3.63, 3.8) is 0 Å². The van der Waals surface area contributed by atoms with E-state index < -0.39 is 0 Å². The molecule has 0 bridgehead atoms. The number of aromatic nitrogens is 3. The third kappa shape index (κ3) is 2.49. The van der Waals surface area contributed by atoms with E-state index in [1.165, 1.54) is 0 Å². The van der Waals surface area contributed by atoms with Crippen molar-refractivity contribution >= 4 is 16.9 Å². The molecule has 1 amide bonds. The Labute approximate surface area is 134 Å². The largest absolute Gasteiger partial charge is 0.392 e. The van der Waals surface area contributed by atoms with Gasteiger partial charge in [-0.1, -0.05) is 0 Å². The number of amides is 1. The number of carbonyl (C=O) groups excluding carboxylic acids is 1. The number of nitrogens with zero attached hydrogens (tertiary/aromatic N) is 3. The van der Waals surface area contributed by atoms with Crippen LogP contribution in [0.1, 0.15) is 29.6 Å². The van der Waals surface area contributed by atoms with Gasteiger partial charge in [0, 0.05) is 30.6 Å². The maximum absolute atomic E-state index is 12.9. The van der Waals surface area contributed by atoms with Gasteiger partial charge >= 0.3 is 0 Å². The smallest absolute Gasteiger partial charge is 0.253 e. The Bertz CT molecular complexity index is 726. The number of benzene rings is 1. The predicted molar refractivity (Wildman–Crippen MR) is 85.0 cm³/mol. The zero-order valence-corrected chi connectivity index (χ0v) is 13.0. The first-order chi connectivity index (χ1) is 11.2. The van der Waals surface area contributed by atoms with Gasteiger partial charge in [0.05, 0.1) is 6.10 Å². The molecule has 0 aliphatic carbocycles. The fourth-order valence-electron chi connectivity index (χ4n) is 3.91. The van der Waals surface area contributed by atoms with Crippen LogP contribution in [0.25, 0.3) is 11.0 Å². The molecule has 0 saturated carbocycles. The standard InChI is InChI=1S/C16H21N5O2/c22-14-4-6-17-9-16(14)5-1-7-21(10-16)15(23)11-2-3-12-13(8-11)19-20-18-12/h2-3,8,14,17,22H,1,4-7,9-10H2,(H,18,19,20)/t14-,16-/m0/s1. The second-order valence-electron chi connectivity index (χ2n) is 6.70. The van der Waals surface area contributed by atoms with Crippen molar-refractivity contribution in [1.82, 2.24) is 25.6 Å². The predicted octanol–water partition coefficient (Wildman–Crippen LogP) is 0.534. The maximum atomic E-state index is 12.9. The van der Waals surface area contributed by atoms with Crippen molar-refractivity contribution < 1.29 is 9.90 Å². The molecule has 2 aromatic rings. The molecule has 2 aliphatic rings. The number of hydrogen-bond donors (Lipinski definition) is 3. The summed E-state index contributed by atoms with van der Waals surface area (Å²) in [5.74, 6) is 0.00625. The van der Waals surface area contributed by atoms with E-state index in [2.05, 4.69) is 20.7 Å². The zero-order valence-electron chi connectivity index (χ0n) is 13.0. The highest BCUT2D eigenvalue weighted by atomic mass is 16.3. The second kappa shape index (κ2) is 5.58. The quantitative estimate of drug-likeness (QED) is 0.714. The molecular formula is C16H21N5O2. The average Bonchev–Trinajstić information content (AvgIpc) is 3.05. The summed E-state index contributed by atoms with van der Waals surface area (Å²) in [5, 5.41) is 24.5. The second-order valence-corrected chi connectivity index (χ2v) is 6.70. The highest BCUT2D eigenvalue weighted by Crippen LogP contribution is 2.36. The lowest BCUT2D eigenvalue weighted by molar-refractivity contribution is -0.0433. The molecule has 1 aromatic heterocycles. The molecule has 2 aliphatic heterocycles. The topological polar surface area (TPSA) is 94.1 Å². The Hall–Kier alpha value is -1.99. The number of likely N-dealkylation sites (tertiary alicyclic amines) is 1. The van der Waals surface area contributed by atoms with Crippen LogP contribution in [-0.4, -0.2) is 63.6 Å². The molecule has 2 saturated heterocycles. The molecule has 122 valence electrons. The van der Waals surface area contributed by atoms with Crippen LogP contribution in [0.15, 0.2) is 18.2 Å². The van der Waals surface area contributed by atoms with Crippen LogP contribution in [0.4, 0.5) is 0 Å².